The minimum absolute atomic E-state index is 0.963. The highest BCUT2D eigenvalue weighted by Gasteiger charge is 2.03. The lowest BCUT2D eigenvalue weighted by atomic mass is 9.95. The van der Waals surface area contributed by atoms with Crippen LogP contribution < -0.4 is 0 Å². The van der Waals surface area contributed by atoms with E-state index in [0.29, 0.717) is 0 Å². The third-order valence-electron chi connectivity index (χ3n) is 12.1. The van der Waals surface area contributed by atoms with E-state index in [1.54, 1.807) is 0 Å². The fraction of sp³-hybridized carbons (Fsp3) is 1.00. The van der Waals surface area contributed by atoms with E-state index in [9.17, 15) is 0 Å². The van der Waals surface area contributed by atoms with Crippen molar-refractivity contribution in [1.82, 2.24) is 0 Å². The summed E-state index contributed by atoms with van der Waals surface area (Å²) in [6, 6.07) is 0. The van der Waals surface area contributed by atoms with Gasteiger partial charge in [0, 0.05) is 0 Å². The molecular weight excluding hydrogens is 601 g/mol. The molecule has 0 aromatic carbocycles. The van der Waals surface area contributed by atoms with Crippen LogP contribution in [0, 0.1) is 5.92 Å². The fourth-order valence-corrected chi connectivity index (χ4v) is 8.35. The predicted octanol–water partition coefficient (Wildman–Crippen LogP) is 19.6. The first-order chi connectivity index (χ1) is 24.8. The Morgan fingerprint density at radius 1 is 0.180 bits per heavy atom. The van der Waals surface area contributed by atoms with Crippen LogP contribution in [0.5, 0.6) is 0 Å². The average molecular weight is 703 g/mol. The molecule has 0 N–H and O–H groups in total. The van der Waals surface area contributed by atoms with E-state index in [2.05, 4.69) is 20.8 Å². The maximum absolute atomic E-state index is 2.52. The van der Waals surface area contributed by atoms with Crippen LogP contribution in [0.1, 0.15) is 316 Å². The molecule has 0 unspecified atom stereocenters. The predicted molar refractivity (Wildman–Crippen MR) is 233 cm³/mol. The first-order valence-corrected chi connectivity index (χ1v) is 24.8. The topological polar surface area (TPSA) is 0 Å². The SMILES string of the molecule is CCCCCCCCCCCCCCCCCCCCCCCCC(C)CCCCCCCCCCCCCCCCCCCCCCCC. The quantitative estimate of drug-likeness (QED) is 0.0554. The zero-order valence-electron chi connectivity index (χ0n) is 36.1. The molecule has 0 spiro atoms. The van der Waals surface area contributed by atoms with Gasteiger partial charge in [0.15, 0.2) is 0 Å². The summed E-state index contributed by atoms with van der Waals surface area (Å²) < 4.78 is 0. The molecule has 0 heterocycles. The van der Waals surface area contributed by atoms with Gasteiger partial charge in [-0.2, -0.15) is 0 Å². The Morgan fingerprint density at radius 3 is 0.440 bits per heavy atom. The molecule has 0 aliphatic rings. The molecule has 0 aromatic rings. The molecule has 0 atom stereocenters. The van der Waals surface area contributed by atoms with E-state index < -0.39 is 0 Å². The van der Waals surface area contributed by atoms with E-state index in [0.717, 1.165) is 5.92 Å². The average Bonchev–Trinajstić information content (AvgIpc) is 3.12. The van der Waals surface area contributed by atoms with Crippen LogP contribution in [0.4, 0.5) is 0 Å². The zero-order chi connectivity index (χ0) is 36.1. The molecule has 0 amide bonds. The van der Waals surface area contributed by atoms with Crippen molar-refractivity contribution in [3.8, 4) is 0 Å². The first-order valence-electron chi connectivity index (χ1n) is 24.8. The van der Waals surface area contributed by atoms with Crippen molar-refractivity contribution in [1.29, 1.82) is 0 Å². The molecule has 50 heavy (non-hydrogen) atoms. The molecule has 0 fully saturated rings. The summed E-state index contributed by atoms with van der Waals surface area (Å²) in [5.41, 5.74) is 0. The Balaban J connectivity index is 3.14. The fourth-order valence-electron chi connectivity index (χ4n) is 8.35. The lowest BCUT2D eigenvalue weighted by molar-refractivity contribution is 0.429. The monoisotopic (exact) mass is 703 g/mol. The molecular formula is C50H102. The van der Waals surface area contributed by atoms with Crippen molar-refractivity contribution in [3.63, 3.8) is 0 Å². The van der Waals surface area contributed by atoms with Gasteiger partial charge in [0.1, 0.15) is 0 Å². The van der Waals surface area contributed by atoms with Gasteiger partial charge in [-0.25, -0.2) is 0 Å². The smallest absolute Gasteiger partial charge is 0.0443 e. The van der Waals surface area contributed by atoms with Gasteiger partial charge in [-0.05, 0) is 5.92 Å². The summed E-state index contributed by atoms with van der Waals surface area (Å²) in [5.74, 6) is 0.963. The van der Waals surface area contributed by atoms with E-state index in [4.69, 9.17) is 0 Å². The van der Waals surface area contributed by atoms with Crippen LogP contribution in [0.15, 0.2) is 0 Å². The van der Waals surface area contributed by atoms with Crippen molar-refractivity contribution in [2.24, 2.45) is 5.92 Å². The van der Waals surface area contributed by atoms with Gasteiger partial charge in [0.05, 0.1) is 0 Å². The largest absolute Gasteiger partial charge is 0.0654 e. The van der Waals surface area contributed by atoms with Gasteiger partial charge < -0.3 is 0 Å². The molecule has 0 heteroatoms. The highest BCUT2D eigenvalue weighted by atomic mass is 14.1. The summed E-state index contributed by atoms with van der Waals surface area (Å²) in [6.45, 7) is 7.15. The van der Waals surface area contributed by atoms with Gasteiger partial charge in [-0.15, -0.1) is 0 Å². The van der Waals surface area contributed by atoms with Crippen LogP contribution >= 0.6 is 0 Å². The number of hydrogen-bond acceptors (Lipinski definition) is 0. The van der Waals surface area contributed by atoms with Crippen LogP contribution in [0.2, 0.25) is 0 Å². The Kier molecular flexibility index (Phi) is 47.0. The highest BCUT2D eigenvalue weighted by molar-refractivity contribution is 4.57. The van der Waals surface area contributed by atoms with Crippen LogP contribution in [-0.2, 0) is 0 Å². The second kappa shape index (κ2) is 47.0. The number of rotatable bonds is 46. The standard InChI is InChI=1S/C50H102/c1-4-6-8-10-12-14-16-18-20-22-24-26-28-30-32-34-36-38-40-42-44-46-48-50(3)49-47-45-43-41-39-37-35-33-31-29-27-25-23-21-19-17-15-13-11-9-7-5-2/h50H,4-49H2,1-3H3. The second-order valence-corrected chi connectivity index (χ2v) is 17.5. The Bertz CT molecular complexity index is 502. The maximum atomic E-state index is 2.52. The van der Waals surface area contributed by atoms with E-state index in [1.165, 1.54) is 295 Å². The zero-order valence-corrected chi connectivity index (χ0v) is 36.1. The molecule has 0 saturated heterocycles. The maximum Gasteiger partial charge on any atom is -0.0443 e. The lowest BCUT2D eigenvalue weighted by Gasteiger charge is -2.11. The van der Waals surface area contributed by atoms with Gasteiger partial charge in [-0.1, -0.05) is 316 Å². The molecule has 0 nitrogen and oxygen atoms in total. The van der Waals surface area contributed by atoms with Crippen LogP contribution in [0.25, 0.3) is 0 Å². The normalized spacial score (nSPS) is 11.8. The Hall–Kier alpha value is 0. The van der Waals surface area contributed by atoms with Crippen molar-refractivity contribution >= 4 is 0 Å². The molecule has 0 rings (SSSR count). The van der Waals surface area contributed by atoms with E-state index in [1.807, 2.05) is 0 Å². The third-order valence-corrected chi connectivity index (χ3v) is 12.1. The van der Waals surface area contributed by atoms with Crippen LogP contribution in [0.3, 0.4) is 0 Å². The molecule has 0 bridgehead atoms. The molecule has 0 saturated carbocycles. The summed E-state index contributed by atoms with van der Waals surface area (Å²) >= 11 is 0. The van der Waals surface area contributed by atoms with Crippen molar-refractivity contribution in [2.45, 2.75) is 316 Å². The highest BCUT2D eigenvalue weighted by Crippen LogP contribution is 2.20. The van der Waals surface area contributed by atoms with Crippen molar-refractivity contribution in [2.75, 3.05) is 0 Å². The van der Waals surface area contributed by atoms with E-state index in [-0.39, 0.29) is 0 Å². The van der Waals surface area contributed by atoms with Crippen molar-refractivity contribution in [3.05, 3.63) is 0 Å². The molecule has 302 valence electrons. The summed E-state index contributed by atoms with van der Waals surface area (Å²) in [7, 11) is 0. The van der Waals surface area contributed by atoms with E-state index >= 15 is 0 Å². The number of hydrogen-bond donors (Lipinski definition) is 0. The summed E-state index contributed by atoms with van der Waals surface area (Å²) in [5, 5.41) is 0. The summed E-state index contributed by atoms with van der Waals surface area (Å²) in [4.78, 5) is 0. The minimum Gasteiger partial charge on any atom is -0.0654 e. The van der Waals surface area contributed by atoms with Crippen LogP contribution in [-0.4, -0.2) is 0 Å². The Labute approximate surface area is 321 Å². The molecule has 0 aliphatic heterocycles. The van der Waals surface area contributed by atoms with Gasteiger partial charge in [0.25, 0.3) is 0 Å². The number of unbranched alkanes of at least 4 members (excludes halogenated alkanes) is 42. The molecule has 0 radical (unpaired) electrons. The van der Waals surface area contributed by atoms with Gasteiger partial charge in [-0.3, -0.25) is 0 Å². The van der Waals surface area contributed by atoms with Gasteiger partial charge >= 0.3 is 0 Å². The first kappa shape index (κ1) is 50.0. The van der Waals surface area contributed by atoms with Crippen molar-refractivity contribution < 1.29 is 0 Å². The Morgan fingerprint density at radius 2 is 0.300 bits per heavy atom. The lowest BCUT2D eigenvalue weighted by Crippen LogP contribution is -1.95. The minimum atomic E-state index is 0.963. The second-order valence-electron chi connectivity index (χ2n) is 17.5. The summed E-state index contributed by atoms with van der Waals surface area (Å²) in [6.07, 6.45) is 68.2. The van der Waals surface area contributed by atoms with Gasteiger partial charge in [0.2, 0.25) is 0 Å². The molecule has 0 aromatic heterocycles. The third kappa shape index (κ3) is 46.0. The molecule has 0 aliphatic carbocycles.